The number of hydrogen-bond acceptors (Lipinski definition) is 5. The third-order valence-corrected chi connectivity index (χ3v) is 6.65. The Morgan fingerprint density at radius 3 is 2.63 bits per heavy atom. The van der Waals surface area contributed by atoms with Crippen LogP contribution in [-0.4, -0.2) is 43.2 Å². The number of carbonyl (C=O) groups is 2. The Bertz CT molecular complexity index is 938. The maximum atomic E-state index is 13.0. The average molecular weight is 407 g/mol. The van der Waals surface area contributed by atoms with Crippen LogP contribution in [0.2, 0.25) is 0 Å². The summed E-state index contributed by atoms with van der Waals surface area (Å²) in [6.07, 6.45) is 1.21. The number of hydrogen-bond donors (Lipinski definition) is 1. The Kier molecular flexibility index (Phi) is 5.67. The molecule has 1 unspecified atom stereocenters. The highest BCUT2D eigenvalue weighted by Gasteiger charge is 2.36. The first-order chi connectivity index (χ1) is 12.8. The van der Waals surface area contributed by atoms with E-state index in [1.165, 1.54) is 16.2 Å². The number of nitrogens with one attached hydrogen (secondary N) is 1. The van der Waals surface area contributed by atoms with Crippen molar-refractivity contribution >= 4 is 33.0 Å². The average Bonchev–Trinajstić information content (AvgIpc) is 3.24. The SMILES string of the molecule is CC(NC(=O)[C@H](CCS(C)(=O)=O)N1Cc2ccccc2C1=O)c1cccs1. The lowest BCUT2D eigenvalue weighted by atomic mass is 10.1. The number of sulfone groups is 1. The molecule has 1 aromatic heterocycles. The standard InChI is InChI=1S/C19H22N2O4S2/c1-13(17-8-5-10-26-17)20-18(22)16(9-11-27(2,24)25)21-12-14-6-3-4-7-15(14)19(21)23/h3-8,10,13,16H,9,11-12H2,1-2H3,(H,20,22)/t13?,16-/m0/s1. The van der Waals surface area contributed by atoms with Gasteiger partial charge in [-0.1, -0.05) is 24.3 Å². The molecule has 144 valence electrons. The number of carbonyl (C=O) groups excluding carboxylic acids is 2. The van der Waals surface area contributed by atoms with E-state index in [9.17, 15) is 18.0 Å². The minimum atomic E-state index is -3.25. The van der Waals surface area contributed by atoms with Crippen LogP contribution in [0.15, 0.2) is 41.8 Å². The van der Waals surface area contributed by atoms with Gasteiger partial charge in [-0.25, -0.2) is 8.42 Å². The van der Waals surface area contributed by atoms with Gasteiger partial charge in [-0.15, -0.1) is 11.3 Å². The molecule has 0 radical (unpaired) electrons. The van der Waals surface area contributed by atoms with Crippen LogP contribution >= 0.6 is 11.3 Å². The lowest BCUT2D eigenvalue weighted by molar-refractivity contribution is -0.126. The maximum absolute atomic E-state index is 13.0. The van der Waals surface area contributed by atoms with Crippen molar-refractivity contribution in [1.82, 2.24) is 10.2 Å². The van der Waals surface area contributed by atoms with Gasteiger partial charge in [-0.3, -0.25) is 9.59 Å². The first-order valence-corrected chi connectivity index (χ1v) is 11.6. The van der Waals surface area contributed by atoms with Crippen LogP contribution in [0.25, 0.3) is 0 Å². The molecule has 0 saturated heterocycles. The van der Waals surface area contributed by atoms with Crippen LogP contribution < -0.4 is 5.32 Å². The zero-order valence-electron chi connectivity index (χ0n) is 15.2. The molecule has 0 saturated carbocycles. The van der Waals surface area contributed by atoms with Gasteiger partial charge < -0.3 is 10.2 Å². The summed E-state index contributed by atoms with van der Waals surface area (Å²) in [7, 11) is -3.25. The Morgan fingerprint density at radius 2 is 2.00 bits per heavy atom. The van der Waals surface area contributed by atoms with E-state index in [0.29, 0.717) is 12.1 Å². The van der Waals surface area contributed by atoms with Crippen LogP contribution in [0, 0.1) is 0 Å². The van der Waals surface area contributed by atoms with E-state index >= 15 is 0 Å². The van der Waals surface area contributed by atoms with Crippen LogP contribution in [0.5, 0.6) is 0 Å². The summed E-state index contributed by atoms with van der Waals surface area (Å²) in [5, 5.41) is 4.86. The van der Waals surface area contributed by atoms with Gasteiger partial charge in [0.05, 0.1) is 11.8 Å². The van der Waals surface area contributed by atoms with Gasteiger partial charge in [-0.2, -0.15) is 0 Å². The summed E-state index contributed by atoms with van der Waals surface area (Å²) < 4.78 is 23.3. The molecule has 2 amide bonds. The monoisotopic (exact) mass is 406 g/mol. The Balaban J connectivity index is 1.81. The molecule has 0 spiro atoms. The number of thiophene rings is 1. The number of amides is 2. The normalized spacial score (nSPS) is 16.1. The van der Waals surface area contributed by atoms with Crippen molar-refractivity contribution in [2.45, 2.75) is 32.0 Å². The van der Waals surface area contributed by atoms with E-state index in [2.05, 4.69) is 5.32 Å². The van der Waals surface area contributed by atoms with Crippen molar-refractivity contribution in [1.29, 1.82) is 0 Å². The van der Waals surface area contributed by atoms with E-state index in [-0.39, 0.29) is 30.0 Å². The Labute approximate surface area is 163 Å². The molecule has 2 atom stereocenters. The molecule has 6 nitrogen and oxygen atoms in total. The maximum Gasteiger partial charge on any atom is 0.255 e. The zero-order valence-corrected chi connectivity index (χ0v) is 16.8. The molecular weight excluding hydrogens is 384 g/mol. The Morgan fingerprint density at radius 1 is 1.26 bits per heavy atom. The molecular formula is C19H22N2O4S2. The van der Waals surface area contributed by atoms with Gasteiger partial charge in [0.15, 0.2) is 0 Å². The summed E-state index contributed by atoms with van der Waals surface area (Å²) in [6, 6.07) is 10.0. The third kappa shape index (κ3) is 4.56. The van der Waals surface area contributed by atoms with E-state index in [1.807, 2.05) is 36.6 Å². The highest BCUT2D eigenvalue weighted by Crippen LogP contribution is 2.26. The van der Waals surface area contributed by atoms with Crippen molar-refractivity contribution in [2.75, 3.05) is 12.0 Å². The van der Waals surface area contributed by atoms with Crippen molar-refractivity contribution in [3.05, 3.63) is 57.8 Å². The van der Waals surface area contributed by atoms with Gasteiger partial charge in [0, 0.05) is 23.2 Å². The summed E-state index contributed by atoms with van der Waals surface area (Å²) >= 11 is 1.53. The van der Waals surface area contributed by atoms with Crippen molar-refractivity contribution in [3.8, 4) is 0 Å². The van der Waals surface area contributed by atoms with E-state index < -0.39 is 15.9 Å². The molecule has 3 rings (SSSR count). The number of nitrogens with zero attached hydrogens (tertiary/aromatic N) is 1. The smallest absolute Gasteiger partial charge is 0.255 e. The number of benzene rings is 1. The summed E-state index contributed by atoms with van der Waals surface area (Å²) in [5.41, 5.74) is 1.42. The second-order valence-electron chi connectivity index (χ2n) is 6.77. The summed E-state index contributed by atoms with van der Waals surface area (Å²) in [4.78, 5) is 28.2. The molecule has 1 N–H and O–H groups in total. The van der Waals surface area contributed by atoms with Gasteiger partial charge in [0.25, 0.3) is 5.91 Å². The fourth-order valence-corrected chi connectivity index (χ4v) is 4.59. The first kappa shape index (κ1) is 19.6. The second kappa shape index (κ2) is 7.82. The van der Waals surface area contributed by atoms with Crippen molar-refractivity contribution in [3.63, 3.8) is 0 Å². The van der Waals surface area contributed by atoms with Crippen molar-refractivity contribution in [2.24, 2.45) is 0 Å². The lowest BCUT2D eigenvalue weighted by Gasteiger charge is -2.28. The zero-order chi connectivity index (χ0) is 19.6. The van der Waals surface area contributed by atoms with Gasteiger partial charge >= 0.3 is 0 Å². The molecule has 1 aliphatic rings. The minimum Gasteiger partial charge on any atom is -0.347 e. The van der Waals surface area contributed by atoms with E-state index in [0.717, 1.165) is 16.7 Å². The van der Waals surface area contributed by atoms with Gasteiger partial charge in [0.2, 0.25) is 5.91 Å². The molecule has 2 aromatic rings. The first-order valence-electron chi connectivity index (χ1n) is 8.66. The van der Waals surface area contributed by atoms with Crippen LogP contribution in [0.3, 0.4) is 0 Å². The van der Waals surface area contributed by atoms with Crippen LogP contribution in [-0.2, 0) is 21.2 Å². The molecule has 1 aliphatic heterocycles. The third-order valence-electron chi connectivity index (χ3n) is 4.62. The summed E-state index contributed by atoms with van der Waals surface area (Å²) in [6.45, 7) is 2.18. The molecule has 0 fully saturated rings. The fraction of sp³-hybridized carbons (Fsp3) is 0.368. The quantitative estimate of drug-likeness (QED) is 0.765. The number of fused-ring (bicyclic) bond motifs is 1. The predicted molar refractivity (Wildman–Crippen MR) is 105 cm³/mol. The van der Waals surface area contributed by atoms with Crippen LogP contribution in [0.4, 0.5) is 0 Å². The van der Waals surface area contributed by atoms with Gasteiger partial charge in [-0.05, 0) is 36.4 Å². The topological polar surface area (TPSA) is 83.6 Å². The van der Waals surface area contributed by atoms with Gasteiger partial charge in [0.1, 0.15) is 15.9 Å². The highest BCUT2D eigenvalue weighted by molar-refractivity contribution is 7.90. The lowest BCUT2D eigenvalue weighted by Crippen LogP contribution is -2.48. The van der Waals surface area contributed by atoms with E-state index in [4.69, 9.17) is 0 Å². The predicted octanol–water partition coefficient (Wildman–Crippen LogP) is 2.38. The molecule has 27 heavy (non-hydrogen) atoms. The minimum absolute atomic E-state index is 0.0710. The molecule has 0 aliphatic carbocycles. The van der Waals surface area contributed by atoms with Crippen molar-refractivity contribution < 1.29 is 18.0 Å². The number of rotatable bonds is 7. The second-order valence-corrected chi connectivity index (χ2v) is 10.0. The largest absolute Gasteiger partial charge is 0.347 e. The molecule has 1 aromatic carbocycles. The Hall–Kier alpha value is -2.19. The van der Waals surface area contributed by atoms with E-state index in [1.54, 1.807) is 12.1 Å². The molecule has 2 heterocycles. The molecule has 8 heteroatoms. The summed E-state index contributed by atoms with van der Waals surface area (Å²) in [5.74, 6) is -0.720. The van der Waals surface area contributed by atoms with Crippen LogP contribution in [0.1, 0.15) is 40.2 Å². The highest BCUT2D eigenvalue weighted by atomic mass is 32.2. The fourth-order valence-electron chi connectivity index (χ4n) is 3.20. The molecule has 0 bridgehead atoms.